The van der Waals surface area contributed by atoms with Gasteiger partial charge in [0.05, 0.1) is 59.7 Å². The van der Waals surface area contributed by atoms with Crippen LogP contribution in [0.5, 0.6) is 0 Å². The summed E-state index contributed by atoms with van der Waals surface area (Å²) in [6.07, 6.45) is 1.71. The van der Waals surface area contributed by atoms with Gasteiger partial charge in [0.25, 0.3) is 30.1 Å². The van der Waals surface area contributed by atoms with Crippen molar-refractivity contribution in [2.24, 2.45) is 5.92 Å². The van der Waals surface area contributed by atoms with Crippen LogP contribution in [0.25, 0.3) is 10.4 Å². The van der Waals surface area contributed by atoms with Crippen LogP contribution in [-0.2, 0) is 50.9 Å². The molecule has 0 spiro atoms. The Kier molecular flexibility index (Phi) is 21.7. The van der Waals surface area contributed by atoms with Gasteiger partial charge >= 0.3 is 0 Å². The van der Waals surface area contributed by atoms with Crippen molar-refractivity contribution >= 4 is 163 Å². The lowest BCUT2D eigenvalue weighted by Crippen LogP contribution is -2.52. The van der Waals surface area contributed by atoms with Gasteiger partial charge in [0.1, 0.15) is 9.79 Å². The Morgan fingerprint density at radius 3 is 1.39 bits per heavy atom. The number of sulfonamides is 3. The normalized spacial score (nSPS) is 13.3. The minimum Gasteiger partial charge on any atom is -0.337 e. The number of nitrogens with zero attached hydrogens (tertiary/aromatic N) is 2. The predicted octanol–water partition coefficient (Wildman–Crippen LogP) is 15.9. The number of halogens is 5. The van der Waals surface area contributed by atoms with Gasteiger partial charge in [-0.25, -0.2) is 25.3 Å². The van der Waals surface area contributed by atoms with Gasteiger partial charge in [0.2, 0.25) is 17.7 Å². The minimum absolute atomic E-state index is 0.0110. The zero-order chi connectivity index (χ0) is 61.9. The van der Waals surface area contributed by atoms with Gasteiger partial charge in [0, 0.05) is 49.7 Å². The van der Waals surface area contributed by atoms with Gasteiger partial charge in [-0.05, 0) is 168 Å². The molecule has 26 heteroatoms. The average Bonchev–Trinajstić information content (AvgIpc) is 1.69. The van der Waals surface area contributed by atoms with E-state index >= 15 is 14.4 Å². The minimum atomic E-state index is -4.72. The second kappa shape index (κ2) is 27.4. The Bertz CT molecular complexity index is 3680. The highest BCUT2D eigenvalue weighted by atomic mass is 35.5. The molecule has 4 N–H and O–H groups in total. The standard InChI is InChI=1S/C58H63Cl5N6O9S6/c1-11-12-36-13-19-41(20-14-36)82(73,74)65-45-21-24-79-51(45)37-15-17-40(18-16-37)64-56(70)48(49(57(71)68(31(2)3)32(4)5)52-46(22-25-80-52)66-83(75,76)54-35(10)27-38(59)28-42(54)61)50(58(72)69(33(6)7)34(8)9)53-47(23-26-81-53)67-84(77,78)55-43(62)29-39(60)30-44(55)63/h13-34,48-50,65-67H,11-12H2,1-10H3,(H,64,70). The molecule has 0 bridgehead atoms. The van der Waals surface area contributed by atoms with Crippen LogP contribution in [0.3, 0.4) is 0 Å². The van der Waals surface area contributed by atoms with Gasteiger partial charge in [-0.2, -0.15) is 0 Å². The third-order valence-electron chi connectivity index (χ3n) is 13.5. The van der Waals surface area contributed by atoms with E-state index in [0.29, 0.717) is 16.1 Å². The first-order valence-corrected chi connectivity index (χ1v) is 35.4. The summed E-state index contributed by atoms with van der Waals surface area (Å²) in [5, 5.41) is 7.25. The van der Waals surface area contributed by atoms with E-state index < -0.39 is 94.6 Å². The van der Waals surface area contributed by atoms with Gasteiger partial charge in [0.15, 0.2) is 0 Å². The Balaban J connectivity index is 1.44. The molecule has 0 aliphatic carbocycles. The third kappa shape index (κ3) is 14.9. The van der Waals surface area contributed by atoms with Crippen LogP contribution in [0, 0.1) is 12.8 Å². The lowest BCUT2D eigenvalue weighted by molar-refractivity contribution is -0.145. The predicted molar refractivity (Wildman–Crippen MR) is 346 cm³/mol. The number of hydrogen-bond donors (Lipinski definition) is 4. The smallest absolute Gasteiger partial charge is 0.264 e. The second-order valence-corrected chi connectivity index (χ2v) is 30.7. The highest BCUT2D eigenvalue weighted by Crippen LogP contribution is 2.49. The SMILES string of the molecule is CCCc1ccc(S(=O)(=O)Nc2ccsc2-c2ccc(NC(=O)C(C(C(=O)N(C(C)C)C(C)C)c3sccc3NS(=O)(=O)c3c(C)cc(Cl)cc3Cl)C(C(=O)N(C(C)C)C(C)C)c3sccc3NS(=O)(=O)c3c(Cl)cc(Cl)cc3Cl)cc2)cc1. The second-order valence-electron chi connectivity index (χ2n) is 20.9. The fraction of sp³-hybridized carbons (Fsp3) is 0.328. The van der Waals surface area contributed by atoms with Crippen LogP contribution in [0.2, 0.25) is 25.1 Å². The van der Waals surface area contributed by atoms with E-state index in [1.165, 1.54) is 64.9 Å². The van der Waals surface area contributed by atoms with Crippen LogP contribution in [0.4, 0.5) is 22.7 Å². The number of nitrogens with one attached hydrogen (secondary N) is 4. The van der Waals surface area contributed by atoms with Crippen LogP contribution >= 0.6 is 92.0 Å². The number of aryl methyl sites for hydroxylation is 2. The number of hydrogen-bond acceptors (Lipinski definition) is 12. The Morgan fingerprint density at radius 2 is 0.940 bits per heavy atom. The van der Waals surface area contributed by atoms with Gasteiger partial charge < -0.3 is 15.1 Å². The number of amides is 3. The molecule has 7 rings (SSSR count). The first-order valence-electron chi connectivity index (χ1n) is 26.4. The summed E-state index contributed by atoms with van der Waals surface area (Å²) < 4.78 is 93.7. The van der Waals surface area contributed by atoms with Gasteiger partial charge in [-0.15, -0.1) is 34.0 Å². The van der Waals surface area contributed by atoms with Gasteiger partial charge in [-0.3, -0.25) is 28.5 Å². The molecule has 3 unspecified atom stereocenters. The molecule has 3 aromatic heterocycles. The average molecular weight is 1360 g/mol. The molecule has 84 heavy (non-hydrogen) atoms. The molecule has 15 nitrogen and oxygen atoms in total. The molecule has 0 saturated carbocycles. The molecule has 0 fully saturated rings. The molecule has 0 aliphatic rings. The molecule has 3 heterocycles. The summed E-state index contributed by atoms with van der Waals surface area (Å²) in [6, 6.07) is 20.7. The van der Waals surface area contributed by atoms with E-state index in [1.807, 2.05) is 6.92 Å². The van der Waals surface area contributed by atoms with E-state index in [4.69, 9.17) is 58.0 Å². The fourth-order valence-corrected chi connectivity index (χ4v) is 19.3. The topological polar surface area (TPSA) is 208 Å². The number of thiophene rings is 3. The van der Waals surface area contributed by atoms with Crippen LogP contribution in [-0.4, -0.2) is 76.9 Å². The van der Waals surface area contributed by atoms with Crippen LogP contribution < -0.4 is 19.5 Å². The summed E-state index contributed by atoms with van der Waals surface area (Å²) in [5.74, 6) is -7.49. The zero-order valence-corrected chi connectivity index (χ0v) is 55.9. The maximum absolute atomic E-state index is 16.2. The Morgan fingerprint density at radius 1 is 0.524 bits per heavy atom. The number of anilines is 4. The van der Waals surface area contributed by atoms with Crippen molar-refractivity contribution in [3.8, 4) is 10.4 Å². The summed E-state index contributed by atoms with van der Waals surface area (Å²) in [5.41, 5.74) is 2.04. The summed E-state index contributed by atoms with van der Waals surface area (Å²) in [4.78, 5) is 51.5. The number of rotatable bonds is 24. The largest absolute Gasteiger partial charge is 0.337 e. The summed E-state index contributed by atoms with van der Waals surface area (Å²) in [6.45, 7) is 17.8. The maximum atomic E-state index is 16.2. The summed E-state index contributed by atoms with van der Waals surface area (Å²) >= 11 is 35.3. The number of benzene rings is 4. The molecule has 4 aromatic carbocycles. The fourth-order valence-electron chi connectivity index (χ4n) is 10.3. The molecule has 7 aromatic rings. The molecular formula is C58H63Cl5N6O9S6. The molecule has 3 amide bonds. The van der Waals surface area contributed by atoms with E-state index in [9.17, 15) is 25.3 Å². The van der Waals surface area contributed by atoms with E-state index in [0.717, 1.165) is 41.1 Å². The molecular weight excluding hydrogens is 1290 g/mol. The lowest BCUT2D eigenvalue weighted by Gasteiger charge is -2.41. The van der Waals surface area contributed by atoms with Gasteiger partial charge in [-0.1, -0.05) is 95.6 Å². The summed E-state index contributed by atoms with van der Waals surface area (Å²) in [7, 11) is -13.3. The molecule has 0 saturated heterocycles. The van der Waals surface area contributed by atoms with Crippen LogP contribution in [0.15, 0.2) is 122 Å². The van der Waals surface area contributed by atoms with Crippen molar-refractivity contribution in [3.05, 3.63) is 153 Å². The zero-order valence-electron chi connectivity index (χ0n) is 47.3. The Labute approximate surface area is 529 Å². The van der Waals surface area contributed by atoms with Crippen molar-refractivity contribution in [2.45, 2.75) is 133 Å². The lowest BCUT2D eigenvalue weighted by atomic mass is 9.76. The highest BCUT2D eigenvalue weighted by molar-refractivity contribution is 7.93. The first-order chi connectivity index (χ1) is 39.4. The van der Waals surface area contributed by atoms with Crippen molar-refractivity contribution in [1.82, 2.24) is 9.80 Å². The monoisotopic (exact) mass is 1350 g/mol. The van der Waals surface area contributed by atoms with Crippen molar-refractivity contribution < 1.29 is 39.6 Å². The molecule has 3 atom stereocenters. The van der Waals surface area contributed by atoms with Crippen molar-refractivity contribution in [1.29, 1.82) is 0 Å². The number of carbonyl (C=O) groups is 3. The molecule has 0 aliphatic heterocycles. The van der Waals surface area contributed by atoms with Crippen molar-refractivity contribution in [3.63, 3.8) is 0 Å². The van der Waals surface area contributed by atoms with E-state index in [2.05, 4.69) is 19.5 Å². The third-order valence-corrected chi connectivity index (χ3v) is 22.6. The highest BCUT2D eigenvalue weighted by Gasteiger charge is 2.51. The number of carbonyl (C=O) groups excluding carboxylic acids is 3. The quantitative estimate of drug-likeness (QED) is 0.0453. The molecule has 0 radical (unpaired) electrons. The Hall–Kier alpha value is -4.91. The van der Waals surface area contributed by atoms with E-state index in [1.54, 1.807) is 126 Å². The van der Waals surface area contributed by atoms with Crippen LogP contribution in [0.1, 0.15) is 101 Å². The van der Waals surface area contributed by atoms with E-state index in [-0.39, 0.29) is 67.3 Å². The molecule has 450 valence electrons. The van der Waals surface area contributed by atoms with Crippen molar-refractivity contribution in [2.75, 3.05) is 19.5 Å². The first kappa shape index (κ1) is 66.6. The maximum Gasteiger partial charge on any atom is 0.264 e.